The van der Waals surface area contributed by atoms with Crippen molar-refractivity contribution in [1.29, 1.82) is 0 Å². The van der Waals surface area contributed by atoms with Crippen molar-refractivity contribution < 1.29 is 5.11 Å². The predicted octanol–water partition coefficient (Wildman–Crippen LogP) is -0.0623. The summed E-state index contributed by atoms with van der Waals surface area (Å²) < 4.78 is 1.75. The SMILES string of the molecule is NC(CO)n1cccc1. The number of nitrogens with zero attached hydrogens (tertiary/aromatic N) is 1. The molecule has 0 saturated carbocycles. The summed E-state index contributed by atoms with van der Waals surface area (Å²) in [7, 11) is 0. The van der Waals surface area contributed by atoms with Gasteiger partial charge in [0.25, 0.3) is 0 Å². The van der Waals surface area contributed by atoms with Crippen LogP contribution in [0.3, 0.4) is 0 Å². The third kappa shape index (κ3) is 1.31. The molecule has 0 aliphatic carbocycles. The fourth-order valence-electron chi connectivity index (χ4n) is 0.663. The molecular formula is C6H10N2O. The number of nitrogens with two attached hydrogens (primary N) is 1. The predicted molar refractivity (Wildman–Crippen MR) is 34.7 cm³/mol. The van der Waals surface area contributed by atoms with Crippen LogP contribution in [0.5, 0.6) is 0 Å². The van der Waals surface area contributed by atoms with Gasteiger partial charge in [0.05, 0.1) is 6.61 Å². The number of aromatic nitrogens is 1. The van der Waals surface area contributed by atoms with Gasteiger partial charge >= 0.3 is 0 Å². The second-order valence-electron chi connectivity index (χ2n) is 1.88. The molecule has 0 amide bonds. The van der Waals surface area contributed by atoms with E-state index < -0.39 is 0 Å². The molecule has 0 aliphatic rings. The van der Waals surface area contributed by atoms with Gasteiger partial charge in [-0.05, 0) is 12.1 Å². The molecule has 1 aromatic heterocycles. The number of aliphatic hydroxyl groups excluding tert-OH is 1. The maximum Gasteiger partial charge on any atom is 0.104 e. The second-order valence-corrected chi connectivity index (χ2v) is 1.88. The Hall–Kier alpha value is -0.800. The highest BCUT2D eigenvalue weighted by Crippen LogP contribution is 1.96. The lowest BCUT2D eigenvalue weighted by atomic mass is 10.5. The summed E-state index contributed by atoms with van der Waals surface area (Å²) >= 11 is 0. The highest BCUT2D eigenvalue weighted by molar-refractivity contribution is 4.91. The van der Waals surface area contributed by atoms with Gasteiger partial charge in [-0.2, -0.15) is 0 Å². The van der Waals surface area contributed by atoms with Gasteiger partial charge in [-0.15, -0.1) is 0 Å². The quantitative estimate of drug-likeness (QED) is 0.583. The van der Waals surface area contributed by atoms with E-state index in [-0.39, 0.29) is 12.8 Å². The zero-order valence-electron chi connectivity index (χ0n) is 5.07. The molecule has 9 heavy (non-hydrogen) atoms. The summed E-state index contributed by atoms with van der Waals surface area (Å²) in [4.78, 5) is 0. The first kappa shape index (κ1) is 6.32. The maximum absolute atomic E-state index is 8.56. The molecule has 1 unspecified atom stereocenters. The third-order valence-corrected chi connectivity index (χ3v) is 1.20. The fourth-order valence-corrected chi connectivity index (χ4v) is 0.663. The molecule has 1 aromatic rings. The van der Waals surface area contributed by atoms with E-state index >= 15 is 0 Å². The molecule has 0 fully saturated rings. The van der Waals surface area contributed by atoms with Gasteiger partial charge in [-0.3, -0.25) is 0 Å². The van der Waals surface area contributed by atoms with Gasteiger partial charge in [0, 0.05) is 12.4 Å². The molecular weight excluding hydrogens is 116 g/mol. The Balaban J connectivity index is 2.65. The Morgan fingerprint density at radius 2 is 2.00 bits per heavy atom. The van der Waals surface area contributed by atoms with Gasteiger partial charge in [0.1, 0.15) is 6.17 Å². The van der Waals surface area contributed by atoms with E-state index in [1.807, 2.05) is 24.5 Å². The van der Waals surface area contributed by atoms with Crippen LogP contribution < -0.4 is 5.73 Å². The largest absolute Gasteiger partial charge is 0.393 e. The van der Waals surface area contributed by atoms with Gasteiger partial charge in [0.15, 0.2) is 0 Å². The zero-order chi connectivity index (χ0) is 6.69. The summed E-state index contributed by atoms with van der Waals surface area (Å²) in [5, 5.41) is 8.56. The van der Waals surface area contributed by atoms with E-state index in [1.165, 1.54) is 0 Å². The van der Waals surface area contributed by atoms with E-state index in [9.17, 15) is 0 Å². The Labute approximate surface area is 53.7 Å². The summed E-state index contributed by atoms with van der Waals surface area (Å²) in [5.41, 5.74) is 5.45. The fraction of sp³-hybridized carbons (Fsp3) is 0.333. The average molecular weight is 126 g/mol. The molecule has 0 saturated heterocycles. The van der Waals surface area contributed by atoms with Crippen LogP contribution in [-0.4, -0.2) is 16.3 Å². The minimum Gasteiger partial charge on any atom is -0.393 e. The van der Waals surface area contributed by atoms with Crippen molar-refractivity contribution in [3.05, 3.63) is 24.5 Å². The average Bonchev–Trinajstić information content (AvgIpc) is 2.37. The highest BCUT2D eigenvalue weighted by atomic mass is 16.3. The van der Waals surface area contributed by atoms with E-state index in [1.54, 1.807) is 4.57 Å². The maximum atomic E-state index is 8.56. The molecule has 1 rings (SSSR count). The van der Waals surface area contributed by atoms with Gasteiger partial charge < -0.3 is 15.4 Å². The van der Waals surface area contributed by atoms with Crippen LogP contribution in [0.25, 0.3) is 0 Å². The summed E-state index contributed by atoms with van der Waals surface area (Å²) in [6, 6.07) is 3.74. The van der Waals surface area contributed by atoms with Crippen molar-refractivity contribution >= 4 is 0 Å². The molecule has 0 bridgehead atoms. The molecule has 1 heterocycles. The van der Waals surface area contributed by atoms with Crippen LogP contribution in [0, 0.1) is 0 Å². The molecule has 0 aromatic carbocycles. The molecule has 1 atom stereocenters. The normalized spacial score (nSPS) is 13.6. The topological polar surface area (TPSA) is 51.2 Å². The first-order valence-electron chi connectivity index (χ1n) is 2.83. The second kappa shape index (κ2) is 2.66. The Morgan fingerprint density at radius 1 is 1.44 bits per heavy atom. The van der Waals surface area contributed by atoms with Crippen LogP contribution >= 0.6 is 0 Å². The minimum atomic E-state index is -0.292. The first-order chi connectivity index (χ1) is 4.34. The van der Waals surface area contributed by atoms with Crippen LogP contribution in [0.2, 0.25) is 0 Å². The van der Waals surface area contributed by atoms with E-state index in [2.05, 4.69) is 0 Å². The molecule has 50 valence electrons. The lowest BCUT2D eigenvalue weighted by Crippen LogP contribution is -2.20. The van der Waals surface area contributed by atoms with Crippen LogP contribution in [0.4, 0.5) is 0 Å². The zero-order valence-corrected chi connectivity index (χ0v) is 5.07. The van der Waals surface area contributed by atoms with E-state index in [0.717, 1.165) is 0 Å². The van der Waals surface area contributed by atoms with Crippen molar-refractivity contribution in [2.45, 2.75) is 6.17 Å². The lowest BCUT2D eigenvalue weighted by molar-refractivity contribution is 0.232. The molecule has 3 N–H and O–H groups in total. The molecule has 3 nitrogen and oxygen atoms in total. The smallest absolute Gasteiger partial charge is 0.104 e. The Kier molecular flexibility index (Phi) is 1.87. The lowest BCUT2D eigenvalue weighted by Gasteiger charge is -2.08. The number of aliphatic hydroxyl groups is 1. The number of rotatable bonds is 2. The van der Waals surface area contributed by atoms with Crippen LogP contribution in [-0.2, 0) is 0 Å². The van der Waals surface area contributed by atoms with Gasteiger partial charge in [0.2, 0.25) is 0 Å². The van der Waals surface area contributed by atoms with Gasteiger partial charge in [-0.25, -0.2) is 0 Å². The Morgan fingerprint density at radius 3 is 2.44 bits per heavy atom. The molecule has 0 aliphatic heterocycles. The van der Waals surface area contributed by atoms with E-state index in [4.69, 9.17) is 10.8 Å². The summed E-state index contributed by atoms with van der Waals surface area (Å²) in [6.45, 7) is -0.0192. The standard InChI is InChI=1S/C6H10N2O/c7-6(5-9)8-3-1-2-4-8/h1-4,6,9H,5,7H2. The minimum absolute atomic E-state index is 0.0192. The molecule has 0 radical (unpaired) electrons. The Bertz CT molecular complexity index is 160. The van der Waals surface area contributed by atoms with Crippen molar-refractivity contribution in [1.82, 2.24) is 4.57 Å². The summed E-state index contributed by atoms with van der Waals surface area (Å²) in [5.74, 6) is 0. The molecule has 0 spiro atoms. The number of hydrogen-bond acceptors (Lipinski definition) is 2. The van der Waals surface area contributed by atoms with Crippen LogP contribution in [0.15, 0.2) is 24.5 Å². The third-order valence-electron chi connectivity index (χ3n) is 1.20. The highest BCUT2D eigenvalue weighted by Gasteiger charge is 1.97. The number of hydrogen-bond donors (Lipinski definition) is 2. The van der Waals surface area contributed by atoms with Crippen molar-refractivity contribution in [3.63, 3.8) is 0 Å². The van der Waals surface area contributed by atoms with Crippen molar-refractivity contribution in [2.75, 3.05) is 6.61 Å². The van der Waals surface area contributed by atoms with E-state index in [0.29, 0.717) is 0 Å². The molecule has 3 heteroatoms. The monoisotopic (exact) mass is 126 g/mol. The van der Waals surface area contributed by atoms with Gasteiger partial charge in [-0.1, -0.05) is 0 Å². The van der Waals surface area contributed by atoms with Crippen LogP contribution in [0.1, 0.15) is 6.17 Å². The van der Waals surface area contributed by atoms with Crippen molar-refractivity contribution in [2.24, 2.45) is 5.73 Å². The summed E-state index contributed by atoms with van der Waals surface area (Å²) in [6.07, 6.45) is 3.35. The van der Waals surface area contributed by atoms with Crippen molar-refractivity contribution in [3.8, 4) is 0 Å². The first-order valence-corrected chi connectivity index (χ1v) is 2.83.